The van der Waals surface area contributed by atoms with Crippen LogP contribution in [-0.2, 0) is 4.74 Å². The molecular formula is C29H43N7O3. The molecule has 3 N–H and O–H groups in total. The minimum atomic E-state index is -0.153. The van der Waals surface area contributed by atoms with Gasteiger partial charge in [0.2, 0.25) is 5.95 Å². The highest BCUT2D eigenvalue weighted by Gasteiger charge is 2.36. The summed E-state index contributed by atoms with van der Waals surface area (Å²) in [5.41, 5.74) is 2.32. The predicted octanol–water partition coefficient (Wildman–Crippen LogP) is 3.70. The van der Waals surface area contributed by atoms with E-state index >= 15 is 0 Å². The molecule has 0 radical (unpaired) electrons. The molecule has 3 heterocycles. The summed E-state index contributed by atoms with van der Waals surface area (Å²) in [4.78, 5) is 27.2. The molecule has 1 unspecified atom stereocenters. The van der Waals surface area contributed by atoms with E-state index in [1.54, 1.807) is 19.2 Å². The van der Waals surface area contributed by atoms with Gasteiger partial charge in [-0.25, -0.2) is 4.98 Å². The second-order valence-corrected chi connectivity index (χ2v) is 10.8. The number of piperidine rings is 1. The number of amides is 1. The van der Waals surface area contributed by atoms with Crippen molar-refractivity contribution < 1.29 is 14.3 Å². The lowest BCUT2D eigenvalue weighted by Crippen LogP contribution is -2.52. The topological polar surface area (TPSA) is 104 Å². The standard InChI is InChI=1S/C29H43N7O3/c1-4-21-19-35(2)25-18-32-29(34-27(25)36(21)22-7-5-6-8-22)33-24-10-9-20(17-26(24)38-3)28(37)31-15-16-39-23-11-13-30-14-12-23/h9-10,17-18,21-23,30H,4-8,11-16,19H2,1-3H3,(H,31,37)(H,32,33,34). The SMILES string of the molecule is CCC1CN(C)c2cnc(Nc3ccc(C(=O)NCCOC4CCNCC4)cc3OC)nc2N1C1CCCC1. The molecule has 10 heteroatoms. The number of carbonyl (C=O) groups is 1. The Morgan fingerprint density at radius 1 is 1.18 bits per heavy atom. The van der Waals surface area contributed by atoms with E-state index in [4.69, 9.17) is 14.5 Å². The molecule has 5 rings (SSSR count). The molecule has 1 saturated carbocycles. The zero-order chi connectivity index (χ0) is 27.2. The van der Waals surface area contributed by atoms with Gasteiger partial charge in [-0.05, 0) is 63.4 Å². The number of fused-ring (bicyclic) bond motifs is 1. The van der Waals surface area contributed by atoms with Crippen LogP contribution in [0.15, 0.2) is 24.4 Å². The van der Waals surface area contributed by atoms with Crippen molar-refractivity contribution in [3.8, 4) is 5.75 Å². The van der Waals surface area contributed by atoms with Gasteiger partial charge < -0.3 is 35.2 Å². The number of likely N-dealkylation sites (N-methyl/N-ethyl adjacent to an activating group) is 1. The highest BCUT2D eigenvalue weighted by Crippen LogP contribution is 2.39. The molecule has 1 aliphatic carbocycles. The smallest absolute Gasteiger partial charge is 0.251 e. The lowest BCUT2D eigenvalue weighted by molar-refractivity contribution is 0.0343. The second-order valence-electron chi connectivity index (χ2n) is 10.8. The molecule has 10 nitrogen and oxygen atoms in total. The van der Waals surface area contributed by atoms with Crippen molar-refractivity contribution in [3.05, 3.63) is 30.0 Å². The van der Waals surface area contributed by atoms with Crippen LogP contribution in [0.1, 0.15) is 62.2 Å². The maximum atomic E-state index is 12.8. The molecule has 2 aliphatic heterocycles. The Hall–Kier alpha value is -3.11. The van der Waals surface area contributed by atoms with Crippen LogP contribution in [0.2, 0.25) is 0 Å². The van der Waals surface area contributed by atoms with E-state index in [9.17, 15) is 4.79 Å². The van der Waals surface area contributed by atoms with Crippen LogP contribution in [0.4, 0.5) is 23.1 Å². The van der Waals surface area contributed by atoms with E-state index in [-0.39, 0.29) is 12.0 Å². The van der Waals surface area contributed by atoms with Gasteiger partial charge in [-0.1, -0.05) is 19.8 Å². The van der Waals surface area contributed by atoms with Gasteiger partial charge in [0.15, 0.2) is 5.82 Å². The normalized spacial score (nSPS) is 20.1. The van der Waals surface area contributed by atoms with Crippen LogP contribution in [0, 0.1) is 0 Å². The third-order valence-electron chi connectivity index (χ3n) is 8.21. The Morgan fingerprint density at radius 2 is 1.97 bits per heavy atom. The van der Waals surface area contributed by atoms with Gasteiger partial charge in [-0.15, -0.1) is 0 Å². The van der Waals surface area contributed by atoms with E-state index < -0.39 is 0 Å². The van der Waals surface area contributed by atoms with Gasteiger partial charge in [-0.3, -0.25) is 4.79 Å². The minimum absolute atomic E-state index is 0.153. The molecule has 1 aromatic carbocycles. The van der Waals surface area contributed by atoms with E-state index in [2.05, 4.69) is 44.7 Å². The fourth-order valence-electron chi connectivity index (χ4n) is 6.05. The molecule has 1 aromatic heterocycles. The van der Waals surface area contributed by atoms with E-state index in [0.29, 0.717) is 48.2 Å². The number of hydrogen-bond acceptors (Lipinski definition) is 9. The molecule has 1 atom stereocenters. The Kier molecular flexibility index (Phi) is 9.03. The summed E-state index contributed by atoms with van der Waals surface area (Å²) >= 11 is 0. The minimum Gasteiger partial charge on any atom is -0.495 e. The molecule has 212 valence electrons. The van der Waals surface area contributed by atoms with Gasteiger partial charge in [0.05, 0.1) is 37.4 Å². The number of aromatic nitrogens is 2. The summed E-state index contributed by atoms with van der Waals surface area (Å²) in [6.45, 7) is 6.20. The average molecular weight is 538 g/mol. The first-order chi connectivity index (χ1) is 19.1. The van der Waals surface area contributed by atoms with Crippen molar-refractivity contribution in [2.24, 2.45) is 0 Å². The summed E-state index contributed by atoms with van der Waals surface area (Å²) in [5, 5.41) is 9.62. The number of carbonyl (C=O) groups excluding carboxylic acids is 1. The van der Waals surface area contributed by atoms with Crippen LogP contribution >= 0.6 is 0 Å². The quantitative estimate of drug-likeness (QED) is 0.391. The number of hydrogen-bond donors (Lipinski definition) is 3. The number of nitrogens with one attached hydrogen (secondary N) is 3. The molecule has 2 aromatic rings. The monoisotopic (exact) mass is 537 g/mol. The average Bonchev–Trinajstić information content (AvgIpc) is 3.50. The third-order valence-corrected chi connectivity index (χ3v) is 8.21. The van der Waals surface area contributed by atoms with Gasteiger partial charge in [0, 0.05) is 37.8 Å². The fourth-order valence-corrected chi connectivity index (χ4v) is 6.05. The van der Waals surface area contributed by atoms with Gasteiger partial charge >= 0.3 is 0 Å². The number of benzene rings is 1. The molecule has 1 saturated heterocycles. The third kappa shape index (κ3) is 6.38. The molecule has 2 fully saturated rings. The number of anilines is 4. The molecular weight excluding hydrogens is 494 g/mol. The predicted molar refractivity (Wildman–Crippen MR) is 155 cm³/mol. The molecule has 39 heavy (non-hydrogen) atoms. The largest absolute Gasteiger partial charge is 0.495 e. The Morgan fingerprint density at radius 3 is 2.72 bits per heavy atom. The summed E-state index contributed by atoms with van der Waals surface area (Å²) in [7, 11) is 3.72. The summed E-state index contributed by atoms with van der Waals surface area (Å²) in [6.07, 6.45) is 10.3. The van der Waals surface area contributed by atoms with Crippen molar-refractivity contribution in [1.82, 2.24) is 20.6 Å². The van der Waals surface area contributed by atoms with Gasteiger partial charge in [-0.2, -0.15) is 4.98 Å². The van der Waals surface area contributed by atoms with Crippen LogP contribution in [0.25, 0.3) is 0 Å². The summed E-state index contributed by atoms with van der Waals surface area (Å²) in [6, 6.07) is 6.35. The first-order valence-corrected chi connectivity index (χ1v) is 14.5. The Bertz CT molecular complexity index is 1120. The van der Waals surface area contributed by atoms with E-state index in [1.807, 2.05) is 12.3 Å². The van der Waals surface area contributed by atoms with Crippen LogP contribution in [0.3, 0.4) is 0 Å². The van der Waals surface area contributed by atoms with E-state index in [1.165, 1.54) is 25.7 Å². The number of nitrogens with zero attached hydrogens (tertiary/aromatic N) is 4. The fraction of sp³-hybridized carbons (Fsp3) is 0.621. The zero-order valence-corrected chi connectivity index (χ0v) is 23.5. The number of rotatable bonds is 10. The molecule has 3 aliphatic rings. The second kappa shape index (κ2) is 12.8. The van der Waals surface area contributed by atoms with Crippen molar-refractivity contribution in [2.45, 2.75) is 70.1 Å². The Labute approximate surface area is 231 Å². The molecule has 0 bridgehead atoms. The lowest BCUT2D eigenvalue weighted by atomic mass is 10.0. The maximum Gasteiger partial charge on any atom is 0.251 e. The maximum absolute atomic E-state index is 12.8. The summed E-state index contributed by atoms with van der Waals surface area (Å²) in [5.74, 6) is 1.93. The van der Waals surface area contributed by atoms with E-state index in [0.717, 1.165) is 50.4 Å². The van der Waals surface area contributed by atoms with Crippen molar-refractivity contribution in [2.75, 3.05) is 62.1 Å². The number of methoxy groups -OCH3 is 1. The first-order valence-electron chi connectivity index (χ1n) is 14.5. The Balaban J connectivity index is 1.26. The number of ether oxygens (including phenoxy) is 2. The van der Waals surface area contributed by atoms with Crippen LogP contribution in [-0.4, -0.2) is 81.0 Å². The van der Waals surface area contributed by atoms with Crippen LogP contribution < -0.4 is 30.5 Å². The highest BCUT2D eigenvalue weighted by molar-refractivity contribution is 5.95. The van der Waals surface area contributed by atoms with Crippen molar-refractivity contribution in [1.29, 1.82) is 0 Å². The highest BCUT2D eigenvalue weighted by atomic mass is 16.5. The van der Waals surface area contributed by atoms with Crippen molar-refractivity contribution in [3.63, 3.8) is 0 Å². The lowest BCUT2D eigenvalue weighted by Gasteiger charge is -2.45. The molecule has 1 amide bonds. The summed E-state index contributed by atoms with van der Waals surface area (Å²) < 4.78 is 11.5. The molecule has 0 spiro atoms. The first kappa shape index (κ1) is 27.5. The van der Waals surface area contributed by atoms with Crippen LogP contribution in [0.5, 0.6) is 5.75 Å². The van der Waals surface area contributed by atoms with Gasteiger partial charge in [0.1, 0.15) is 5.75 Å². The van der Waals surface area contributed by atoms with Crippen molar-refractivity contribution >= 4 is 29.0 Å². The van der Waals surface area contributed by atoms with Gasteiger partial charge in [0.25, 0.3) is 5.91 Å². The zero-order valence-electron chi connectivity index (χ0n) is 23.5.